The average molecular weight is 283 g/mol. The average Bonchev–Trinajstić information content (AvgIpc) is 2.54. The van der Waals surface area contributed by atoms with Gasteiger partial charge in [-0.15, -0.1) is 0 Å². The van der Waals surface area contributed by atoms with Crippen LogP contribution in [0, 0.1) is 0 Å². The molecule has 0 bridgehead atoms. The molecule has 4 nitrogen and oxygen atoms in total. The lowest BCUT2D eigenvalue weighted by atomic mass is 10.2. The molecule has 2 rings (SSSR count). The van der Waals surface area contributed by atoms with E-state index in [0.717, 1.165) is 11.1 Å². The van der Waals surface area contributed by atoms with E-state index in [1.165, 1.54) is 0 Å². The second kappa shape index (κ2) is 8.07. The predicted molar refractivity (Wildman–Crippen MR) is 84.6 cm³/mol. The van der Waals surface area contributed by atoms with Crippen molar-refractivity contribution in [3.63, 3.8) is 0 Å². The lowest BCUT2D eigenvalue weighted by Crippen LogP contribution is -2.43. The largest absolute Gasteiger partial charge is 0.334 e. The second-order valence-electron chi connectivity index (χ2n) is 4.84. The van der Waals surface area contributed by atoms with E-state index in [4.69, 9.17) is 0 Å². The van der Waals surface area contributed by atoms with Crippen LogP contribution in [0.4, 0.5) is 4.79 Å². The number of carbonyl (C=O) groups excluding carboxylic acids is 1. The first-order valence-corrected chi connectivity index (χ1v) is 7.05. The standard InChI is InChI=1S/C17H21N3O/c1-18-14-20(13-16-10-6-3-7-11-16)17(21)19-12-15-8-4-2-5-9-15/h2-11,18H,12-14H2,1H3,(H,19,21). The third-order valence-electron chi connectivity index (χ3n) is 3.14. The Balaban J connectivity index is 1.92. The van der Waals surface area contributed by atoms with Gasteiger partial charge < -0.3 is 15.5 Å². The number of rotatable bonds is 6. The van der Waals surface area contributed by atoms with Crippen LogP contribution in [0.15, 0.2) is 60.7 Å². The number of benzene rings is 2. The fourth-order valence-corrected chi connectivity index (χ4v) is 2.08. The van der Waals surface area contributed by atoms with E-state index in [1.807, 2.05) is 67.7 Å². The summed E-state index contributed by atoms with van der Waals surface area (Å²) in [5, 5.41) is 5.98. The molecule has 2 amide bonds. The minimum atomic E-state index is -0.0722. The van der Waals surface area contributed by atoms with Crippen molar-refractivity contribution in [2.45, 2.75) is 13.1 Å². The van der Waals surface area contributed by atoms with Gasteiger partial charge in [-0.3, -0.25) is 0 Å². The van der Waals surface area contributed by atoms with Crippen LogP contribution in [0.1, 0.15) is 11.1 Å². The Bertz CT molecular complexity index is 542. The molecule has 0 aliphatic rings. The van der Waals surface area contributed by atoms with Crippen molar-refractivity contribution in [2.75, 3.05) is 13.7 Å². The molecule has 0 radical (unpaired) electrons. The van der Waals surface area contributed by atoms with Crippen LogP contribution in [-0.4, -0.2) is 24.6 Å². The molecule has 0 unspecified atom stereocenters. The summed E-state index contributed by atoms with van der Waals surface area (Å²) in [5.74, 6) is 0. The Hall–Kier alpha value is -2.33. The zero-order chi connectivity index (χ0) is 14.9. The van der Waals surface area contributed by atoms with Gasteiger partial charge in [-0.2, -0.15) is 0 Å². The van der Waals surface area contributed by atoms with Gasteiger partial charge in [-0.05, 0) is 18.2 Å². The maximum atomic E-state index is 12.3. The van der Waals surface area contributed by atoms with Gasteiger partial charge in [0, 0.05) is 13.1 Å². The van der Waals surface area contributed by atoms with Crippen LogP contribution in [0.25, 0.3) is 0 Å². The molecule has 0 fully saturated rings. The number of hydrogen-bond acceptors (Lipinski definition) is 2. The number of nitrogens with one attached hydrogen (secondary N) is 2. The van der Waals surface area contributed by atoms with Gasteiger partial charge >= 0.3 is 6.03 Å². The molecule has 0 aromatic heterocycles. The van der Waals surface area contributed by atoms with Crippen LogP contribution >= 0.6 is 0 Å². The Kier molecular flexibility index (Phi) is 5.79. The van der Waals surface area contributed by atoms with E-state index >= 15 is 0 Å². The van der Waals surface area contributed by atoms with E-state index in [0.29, 0.717) is 19.8 Å². The second-order valence-corrected chi connectivity index (χ2v) is 4.84. The molecule has 0 saturated heterocycles. The third kappa shape index (κ3) is 4.93. The quantitative estimate of drug-likeness (QED) is 0.800. The van der Waals surface area contributed by atoms with Crippen molar-refractivity contribution in [1.29, 1.82) is 0 Å². The first kappa shape index (κ1) is 15.1. The Morgan fingerprint density at radius 3 is 2.10 bits per heavy atom. The topological polar surface area (TPSA) is 44.4 Å². The van der Waals surface area contributed by atoms with Crippen molar-refractivity contribution in [1.82, 2.24) is 15.5 Å². The van der Waals surface area contributed by atoms with Gasteiger partial charge in [0.1, 0.15) is 0 Å². The number of hydrogen-bond donors (Lipinski definition) is 2. The Labute approximate surface area is 125 Å². The fraction of sp³-hybridized carbons (Fsp3) is 0.235. The fourth-order valence-electron chi connectivity index (χ4n) is 2.08. The van der Waals surface area contributed by atoms with Gasteiger partial charge in [0.25, 0.3) is 0 Å². The van der Waals surface area contributed by atoms with Crippen molar-refractivity contribution in [3.8, 4) is 0 Å². The molecule has 0 heterocycles. The SMILES string of the molecule is CNCN(Cc1ccccc1)C(=O)NCc1ccccc1. The summed E-state index contributed by atoms with van der Waals surface area (Å²) in [6, 6.07) is 19.8. The maximum Gasteiger partial charge on any atom is 0.319 e. The van der Waals surface area contributed by atoms with Crippen LogP contribution in [0.2, 0.25) is 0 Å². The van der Waals surface area contributed by atoms with Gasteiger partial charge in [0.05, 0.1) is 6.67 Å². The smallest absolute Gasteiger partial charge is 0.319 e. The molecule has 0 saturated carbocycles. The monoisotopic (exact) mass is 283 g/mol. The molecule has 2 N–H and O–H groups in total. The highest BCUT2D eigenvalue weighted by Gasteiger charge is 2.12. The van der Waals surface area contributed by atoms with E-state index in [9.17, 15) is 4.79 Å². The zero-order valence-electron chi connectivity index (χ0n) is 12.3. The molecule has 0 atom stereocenters. The van der Waals surface area contributed by atoms with Crippen molar-refractivity contribution < 1.29 is 4.79 Å². The maximum absolute atomic E-state index is 12.3. The molecule has 0 aliphatic heterocycles. The number of nitrogens with zero attached hydrogens (tertiary/aromatic N) is 1. The van der Waals surface area contributed by atoms with E-state index in [2.05, 4.69) is 10.6 Å². The van der Waals surface area contributed by atoms with Crippen LogP contribution in [-0.2, 0) is 13.1 Å². The summed E-state index contributed by atoms with van der Waals surface area (Å²) in [7, 11) is 1.84. The molecule has 21 heavy (non-hydrogen) atoms. The predicted octanol–water partition coefficient (Wildman–Crippen LogP) is 2.58. The molecular weight excluding hydrogens is 262 g/mol. The lowest BCUT2D eigenvalue weighted by molar-refractivity contribution is 0.191. The highest BCUT2D eigenvalue weighted by molar-refractivity contribution is 5.74. The molecule has 2 aromatic rings. The summed E-state index contributed by atoms with van der Waals surface area (Å²) < 4.78 is 0. The Morgan fingerprint density at radius 2 is 1.52 bits per heavy atom. The summed E-state index contributed by atoms with van der Waals surface area (Å²) in [5.41, 5.74) is 2.21. The van der Waals surface area contributed by atoms with Crippen molar-refractivity contribution in [2.24, 2.45) is 0 Å². The highest BCUT2D eigenvalue weighted by atomic mass is 16.2. The zero-order valence-corrected chi connectivity index (χ0v) is 12.3. The first-order valence-electron chi connectivity index (χ1n) is 7.05. The number of urea groups is 1. The summed E-state index contributed by atoms with van der Waals surface area (Å²) >= 11 is 0. The molecule has 110 valence electrons. The first-order chi connectivity index (χ1) is 10.3. The summed E-state index contributed by atoms with van der Waals surface area (Å²) in [6.45, 7) is 1.63. The van der Waals surface area contributed by atoms with Crippen molar-refractivity contribution in [3.05, 3.63) is 71.8 Å². The molecule has 2 aromatic carbocycles. The molecule has 0 spiro atoms. The number of carbonyl (C=O) groups is 1. The van der Waals surface area contributed by atoms with Crippen LogP contribution in [0.3, 0.4) is 0 Å². The number of amides is 2. The van der Waals surface area contributed by atoms with E-state index in [1.54, 1.807) is 4.90 Å². The molecular formula is C17H21N3O. The normalized spacial score (nSPS) is 10.1. The molecule has 4 heteroatoms. The van der Waals surface area contributed by atoms with Gasteiger partial charge in [0.15, 0.2) is 0 Å². The highest BCUT2D eigenvalue weighted by Crippen LogP contribution is 2.04. The van der Waals surface area contributed by atoms with Gasteiger partial charge in [0.2, 0.25) is 0 Å². The lowest BCUT2D eigenvalue weighted by Gasteiger charge is -2.23. The van der Waals surface area contributed by atoms with Crippen LogP contribution in [0.5, 0.6) is 0 Å². The minimum absolute atomic E-state index is 0.0722. The summed E-state index contributed by atoms with van der Waals surface area (Å²) in [4.78, 5) is 14.0. The van der Waals surface area contributed by atoms with E-state index in [-0.39, 0.29) is 6.03 Å². The van der Waals surface area contributed by atoms with Gasteiger partial charge in [-0.1, -0.05) is 60.7 Å². The molecule has 0 aliphatic carbocycles. The van der Waals surface area contributed by atoms with Gasteiger partial charge in [-0.25, -0.2) is 4.79 Å². The van der Waals surface area contributed by atoms with Crippen LogP contribution < -0.4 is 10.6 Å². The Morgan fingerprint density at radius 1 is 0.952 bits per heavy atom. The summed E-state index contributed by atoms with van der Waals surface area (Å²) in [6.07, 6.45) is 0. The minimum Gasteiger partial charge on any atom is -0.334 e. The third-order valence-corrected chi connectivity index (χ3v) is 3.14. The van der Waals surface area contributed by atoms with E-state index < -0.39 is 0 Å². The van der Waals surface area contributed by atoms with Crippen molar-refractivity contribution >= 4 is 6.03 Å².